The molecule has 0 bridgehead atoms. The van der Waals surface area contributed by atoms with Crippen molar-refractivity contribution in [2.24, 2.45) is 11.1 Å². The van der Waals surface area contributed by atoms with Gasteiger partial charge in [-0.2, -0.15) is 0 Å². The van der Waals surface area contributed by atoms with Crippen molar-refractivity contribution in [2.45, 2.75) is 40.2 Å². The van der Waals surface area contributed by atoms with E-state index in [2.05, 4.69) is 10.6 Å². The Morgan fingerprint density at radius 3 is 2.32 bits per heavy atom. The summed E-state index contributed by atoms with van der Waals surface area (Å²) in [6.07, 6.45) is 0.0234. The van der Waals surface area contributed by atoms with Gasteiger partial charge in [-0.15, -0.1) is 0 Å². The number of carbonyl (C=O) groups excluding carboxylic acids is 3. The second kappa shape index (κ2) is 8.41. The molecule has 0 radical (unpaired) electrons. The molecule has 0 aliphatic heterocycles. The third-order valence-electron chi connectivity index (χ3n) is 3.72. The summed E-state index contributed by atoms with van der Waals surface area (Å²) < 4.78 is 0. The molecule has 136 valence electrons. The minimum atomic E-state index is -0.850. The maximum absolute atomic E-state index is 12.4. The lowest BCUT2D eigenvalue weighted by atomic mass is 9.85. The lowest BCUT2D eigenvalue weighted by molar-refractivity contribution is -0.129. The zero-order valence-electron chi connectivity index (χ0n) is 15.1. The SMILES string of the molecule is Cc1ccccc1C(=N)C(=O)NC(C(=O)NCCC(N)=O)C(C)(C)C. The number of rotatable bonds is 7. The number of amides is 3. The van der Waals surface area contributed by atoms with Crippen LogP contribution in [0.25, 0.3) is 0 Å². The third kappa shape index (κ3) is 6.02. The fourth-order valence-electron chi connectivity index (χ4n) is 2.27. The highest BCUT2D eigenvalue weighted by atomic mass is 16.2. The fraction of sp³-hybridized carbons (Fsp3) is 0.444. The summed E-state index contributed by atoms with van der Waals surface area (Å²) in [5.41, 5.74) is 5.61. The molecule has 5 N–H and O–H groups in total. The average Bonchev–Trinajstić information content (AvgIpc) is 2.50. The maximum atomic E-state index is 12.4. The van der Waals surface area contributed by atoms with Gasteiger partial charge < -0.3 is 16.4 Å². The number of benzene rings is 1. The molecule has 0 fully saturated rings. The van der Waals surface area contributed by atoms with E-state index in [0.717, 1.165) is 5.56 Å². The van der Waals surface area contributed by atoms with Gasteiger partial charge in [0.05, 0.1) is 0 Å². The maximum Gasteiger partial charge on any atom is 0.270 e. The minimum absolute atomic E-state index is 0.0234. The molecule has 7 heteroatoms. The molecule has 1 rings (SSSR count). The summed E-state index contributed by atoms with van der Waals surface area (Å²) >= 11 is 0. The van der Waals surface area contributed by atoms with Crippen LogP contribution in [-0.2, 0) is 14.4 Å². The first kappa shape index (κ1) is 20.3. The highest BCUT2D eigenvalue weighted by Gasteiger charge is 2.33. The number of carbonyl (C=O) groups is 3. The van der Waals surface area contributed by atoms with Gasteiger partial charge in [-0.25, -0.2) is 0 Å². The molecule has 1 aromatic rings. The first-order chi connectivity index (χ1) is 11.5. The molecule has 7 nitrogen and oxygen atoms in total. The number of aryl methyl sites for hydroxylation is 1. The van der Waals surface area contributed by atoms with Crippen LogP contribution in [0.5, 0.6) is 0 Å². The fourth-order valence-corrected chi connectivity index (χ4v) is 2.27. The van der Waals surface area contributed by atoms with Gasteiger partial charge >= 0.3 is 0 Å². The van der Waals surface area contributed by atoms with Gasteiger partial charge in [-0.05, 0) is 17.9 Å². The Hall–Kier alpha value is -2.70. The summed E-state index contributed by atoms with van der Waals surface area (Å²) in [5.74, 6) is -1.56. The Labute approximate surface area is 147 Å². The third-order valence-corrected chi connectivity index (χ3v) is 3.72. The Kier molecular flexibility index (Phi) is 6.85. The first-order valence-electron chi connectivity index (χ1n) is 8.05. The molecule has 3 amide bonds. The van der Waals surface area contributed by atoms with E-state index in [-0.39, 0.29) is 18.7 Å². The molecule has 1 aromatic carbocycles. The van der Waals surface area contributed by atoms with Gasteiger partial charge in [-0.3, -0.25) is 19.8 Å². The molecule has 0 saturated heterocycles. The molecule has 0 aromatic heterocycles. The van der Waals surface area contributed by atoms with E-state index in [4.69, 9.17) is 11.1 Å². The monoisotopic (exact) mass is 346 g/mol. The van der Waals surface area contributed by atoms with Crippen LogP contribution in [0, 0.1) is 17.7 Å². The summed E-state index contributed by atoms with van der Waals surface area (Å²) in [6.45, 7) is 7.34. The predicted molar refractivity (Wildman–Crippen MR) is 96.2 cm³/mol. The van der Waals surface area contributed by atoms with Gasteiger partial charge in [0.2, 0.25) is 11.8 Å². The summed E-state index contributed by atoms with van der Waals surface area (Å²) in [4.78, 5) is 35.6. The Morgan fingerprint density at radius 2 is 1.80 bits per heavy atom. The lowest BCUT2D eigenvalue weighted by Crippen LogP contribution is -2.55. The zero-order chi connectivity index (χ0) is 19.2. The van der Waals surface area contributed by atoms with Gasteiger partial charge in [0.25, 0.3) is 5.91 Å². The first-order valence-corrected chi connectivity index (χ1v) is 8.05. The molecule has 1 unspecified atom stereocenters. The van der Waals surface area contributed by atoms with Crippen molar-refractivity contribution in [1.29, 1.82) is 5.41 Å². The van der Waals surface area contributed by atoms with Crippen molar-refractivity contribution in [3.05, 3.63) is 35.4 Å². The summed E-state index contributed by atoms with van der Waals surface area (Å²) in [6, 6.07) is 6.23. The molecule has 0 aliphatic carbocycles. The van der Waals surface area contributed by atoms with E-state index in [0.29, 0.717) is 5.56 Å². The van der Waals surface area contributed by atoms with Crippen molar-refractivity contribution in [3.63, 3.8) is 0 Å². The van der Waals surface area contributed by atoms with E-state index < -0.39 is 29.2 Å². The van der Waals surface area contributed by atoms with Crippen molar-refractivity contribution >= 4 is 23.4 Å². The Balaban J connectivity index is 2.86. The number of nitrogens with one attached hydrogen (secondary N) is 3. The van der Waals surface area contributed by atoms with Crippen molar-refractivity contribution in [3.8, 4) is 0 Å². The quantitative estimate of drug-likeness (QED) is 0.548. The van der Waals surface area contributed by atoms with Gasteiger partial charge in [0.1, 0.15) is 11.8 Å². The van der Waals surface area contributed by atoms with Crippen LogP contribution in [0.2, 0.25) is 0 Å². The van der Waals surface area contributed by atoms with Crippen molar-refractivity contribution in [2.75, 3.05) is 6.54 Å². The normalized spacial score (nSPS) is 12.2. The van der Waals surface area contributed by atoms with Gasteiger partial charge in [0.15, 0.2) is 0 Å². The largest absolute Gasteiger partial charge is 0.370 e. The van der Waals surface area contributed by atoms with E-state index >= 15 is 0 Å². The Bertz CT molecular complexity index is 677. The van der Waals surface area contributed by atoms with Crippen molar-refractivity contribution in [1.82, 2.24) is 10.6 Å². The molecule has 25 heavy (non-hydrogen) atoms. The Morgan fingerprint density at radius 1 is 1.20 bits per heavy atom. The van der Waals surface area contributed by atoms with E-state index in [1.165, 1.54) is 0 Å². The van der Waals surface area contributed by atoms with E-state index in [9.17, 15) is 14.4 Å². The smallest absolute Gasteiger partial charge is 0.270 e. The molecular formula is C18H26N4O3. The van der Waals surface area contributed by atoms with Crippen LogP contribution < -0.4 is 16.4 Å². The molecule has 0 spiro atoms. The molecular weight excluding hydrogens is 320 g/mol. The van der Waals surface area contributed by atoms with Gasteiger partial charge in [0, 0.05) is 18.5 Å². The van der Waals surface area contributed by atoms with Gasteiger partial charge in [-0.1, -0.05) is 45.0 Å². The number of hydrogen-bond donors (Lipinski definition) is 4. The average molecular weight is 346 g/mol. The van der Waals surface area contributed by atoms with Crippen LogP contribution in [0.1, 0.15) is 38.3 Å². The van der Waals surface area contributed by atoms with E-state index in [1.54, 1.807) is 12.1 Å². The van der Waals surface area contributed by atoms with Crippen LogP contribution in [0.4, 0.5) is 0 Å². The van der Waals surface area contributed by atoms with Crippen LogP contribution >= 0.6 is 0 Å². The molecule has 0 aliphatic rings. The van der Waals surface area contributed by atoms with Crippen molar-refractivity contribution < 1.29 is 14.4 Å². The highest BCUT2D eigenvalue weighted by Crippen LogP contribution is 2.20. The lowest BCUT2D eigenvalue weighted by Gasteiger charge is -2.30. The molecule has 0 saturated carbocycles. The number of nitrogens with two attached hydrogens (primary N) is 1. The minimum Gasteiger partial charge on any atom is -0.370 e. The summed E-state index contributed by atoms with van der Waals surface area (Å²) in [7, 11) is 0. The molecule has 0 heterocycles. The number of primary amides is 1. The second-order valence-electron chi connectivity index (χ2n) is 6.97. The van der Waals surface area contributed by atoms with Crippen LogP contribution in [0.3, 0.4) is 0 Å². The van der Waals surface area contributed by atoms with Crippen LogP contribution in [-0.4, -0.2) is 36.0 Å². The topological polar surface area (TPSA) is 125 Å². The highest BCUT2D eigenvalue weighted by molar-refractivity contribution is 6.44. The summed E-state index contributed by atoms with van der Waals surface area (Å²) in [5, 5.41) is 13.3. The number of hydrogen-bond acceptors (Lipinski definition) is 4. The molecule has 1 atom stereocenters. The predicted octanol–water partition coefficient (Wildman–Crippen LogP) is 0.885. The zero-order valence-corrected chi connectivity index (χ0v) is 15.1. The standard InChI is InChI=1S/C18H26N4O3/c1-11-7-5-6-8-12(11)14(20)16(24)22-15(18(2,3)4)17(25)21-10-9-13(19)23/h5-8,15,20H,9-10H2,1-4H3,(H2,19,23)(H,21,25)(H,22,24). The van der Waals surface area contributed by atoms with E-state index in [1.807, 2.05) is 39.8 Å². The second-order valence-corrected chi connectivity index (χ2v) is 6.97. The van der Waals surface area contributed by atoms with Crippen LogP contribution in [0.15, 0.2) is 24.3 Å².